The van der Waals surface area contributed by atoms with Crippen LogP contribution in [-0.4, -0.2) is 13.7 Å². The Balaban J connectivity index is 0.757. The van der Waals surface area contributed by atoms with Crippen LogP contribution < -0.4 is 4.90 Å². The first-order valence-electron chi connectivity index (χ1n) is 30.9. The SMILES string of the molecule is CC1(C)c2cc(-c3ccc4c5ccccc5n(-c5ccccc5)c4c3)ccc2-c2ccc(N(c3ccc(-c4ccc(-n5c6ccccc6c6ccccc65)cc4)cc3)c3ccc(-c4ccc5c6ccccc6n(-c6ccccc6)c5c4)c4ccccc34)cc21. The zero-order valence-corrected chi connectivity index (χ0v) is 49.3. The smallest absolute Gasteiger partial charge is 0.0547 e. The van der Waals surface area contributed by atoms with Crippen LogP contribution in [0.2, 0.25) is 0 Å². The van der Waals surface area contributed by atoms with Crippen LogP contribution in [0.15, 0.2) is 315 Å². The molecule has 89 heavy (non-hydrogen) atoms. The lowest BCUT2D eigenvalue weighted by molar-refractivity contribution is 0.660. The fourth-order valence-electron chi connectivity index (χ4n) is 15.0. The molecule has 3 aromatic heterocycles. The quantitative estimate of drug-likeness (QED) is 0.141. The molecule has 0 aliphatic heterocycles. The first-order valence-corrected chi connectivity index (χ1v) is 30.9. The number of aromatic nitrogens is 3. The van der Waals surface area contributed by atoms with E-state index in [0.717, 1.165) is 39.7 Å². The van der Waals surface area contributed by atoms with Crippen molar-refractivity contribution < 1.29 is 0 Å². The summed E-state index contributed by atoms with van der Waals surface area (Å²) in [5.74, 6) is 0. The standard InChI is InChI=1S/C85H58N4/c1-85(2)76-51-57(58-38-46-74-72-27-13-17-31-80(72)88(83(74)52-58)60-19-5-3-6-20-60)37-45-67(76)68-48-44-64(54-77(68)85)86(62-40-33-55(34-41-62)56-35-42-63(43-36-56)87-78-29-15-11-25-70(78)71-26-12-16-30-79(71)87)82-50-49-65(66-23-9-10-24-69(66)82)59-39-47-75-73-28-14-18-32-81(73)89(84(75)53-59)61-21-7-4-8-22-61/h3-54H,1-2H3. The van der Waals surface area contributed by atoms with E-state index in [1.165, 1.54) is 126 Å². The van der Waals surface area contributed by atoms with Crippen LogP contribution in [0.25, 0.3) is 138 Å². The van der Waals surface area contributed by atoms with Crippen molar-refractivity contribution in [2.75, 3.05) is 4.90 Å². The lowest BCUT2D eigenvalue weighted by Gasteiger charge is -2.29. The van der Waals surface area contributed by atoms with Crippen molar-refractivity contribution in [2.24, 2.45) is 0 Å². The fourth-order valence-corrected chi connectivity index (χ4v) is 15.0. The molecule has 1 aliphatic rings. The maximum atomic E-state index is 2.49. The van der Waals surface area contributed by atoms with Gasteiger partial charge in [0.15, 0.2) is 0 Å². The lowest BCUT2D eigenvalue weighted by atomic mass is 9.81. The predicted octanol–water partition coefficient (Wildman–Crippen LogP) is 22.9. The normalized spacial score (nSPS) is 12.7. The number of benzene rings is 14. The average Bonchev–Trinajstić information content (AvgIpc) is 2.04. The summed E-state index contributed by atoms with van der Waals surface area (Å²) in [6, 6.07) is 117. The van der Waals surface area contributed by atoms with Gasteiger partial charge in [0.05, 0.1) is 38.8 Å². The third kappa shape index (κ3) is 7.86. The summed E-state index contributed by atoms with van der Waals surface area (Å²) in [7, 11) is 0. The van der Waals surface area contributed by atoms with Crippen molar-refractivity contribution in [2.45, 2.75) is 19.3 Å². The molecule has 14 aromatic carbocycles. The molecule has 0 unspecified atom stereocenters. The van der Waals surface area contributed by atoms with E-state index in [2.05, 4.69) is 348 Å². The van der Waals surface area contributed by atoms with Gasteiger partial charge >= 0.3 is 0 Å². The second-order valence-corrected chi connectivity index (χ2v) is 24.4. The van der Waals surface area contributed by atoms with Gasteiger partial charge in [-0.2, -0.15) is 0 Å². The van der Waals surface area contributed by atoms with Gasteiger partial charge in [0.25, 0.3) is 0 Å². The molecule has 418 valence electrons. The summed E-state index contributed by atoms with van der Waals surface area (Å²) in [5.41, 5.74) is 26.0. The first kappa shape index (κ1) is 50.8. The largest absolute Gasteiger partial charge is 0.310 e. The van der Waals surface area contributed by atoms with Crippen molar-refractivity contribution >= 4 is 93.3 Å². The molecule has 0 N–H and O–H groups in total. The number of rotatable bonds is 9. The molecule has 0 amide bonds. The van der Waals surface area contributed by atoms with E-state index in [0.29, 0.717) is 0 Å². The van der Waals surface area contributed by atoms with Crippen molar-refractivity contribution in [3.63, 3.8) is 0 Å². The molecule has 0 saturated carbocycles. The Morgan fingerprint density at radius 3 is 1.15 bits per heavy atom. The van der Waals surface area contributed by atoms with E-state index in [1.807, 2.05) is 0 Å². The van der Waals surface area contributed by atoms with E-state index in [-0.39, 0.29) is 5.41 Å². The zero-order valence-electron chi connectivity index (χ0n) is 49.3. The highest BCUT2D eigenvalue weighted by Gasteiger charge is 2.37. The topological polar surface area (TPSA) is 18.0 Å². The van der Waals surface area contributed by atoms with Crippen molar-refractivity contribution in [3.8, 4) is 61.6 Å². The minimum atomic E-state index is -0.298. The van der Waals surface area contributed by atoms with Crippen LogP contribution in [0.4, 0.5) is 17.1 Å². The Labute approximate surface area is 516 Å². The van der Waals surface area contributed by atoms with Gasteiger partial charge in [0.2, 0.25) is 0 Å². The number of fused-ring (bicyclic) bond motifs is 13. The third-order valence-corrected chi connectivity index (χ3v) is 19.2. The minimum Gasteiger partial charge on any atom is -0.310 e. The molecule has 0 spiro atoms. The first-order chi connectivity index (χ1) is 43.9. The summed E-state index contributed by atoms with van der Waals surface area (Å²) >= 11 is 0. The van der Waals surface area contributed by atoms with Crippen molar-refractivity contribution in [1.29, 1.82) is 0 Å². The Morgan fingerprint density at radius 2 is 0.596 bits per heavy atom. The van der Waals surface area contributed by atoms with Crippen LogP contribution in [0.3, 0.4) is 0 Å². The number of nitrogens with zero attached hydrogens (tertiary/aromatic N) is 4. The lowest BCUT2D eigenvalue weighted by Crippen LogP contribution is -2.17. The molecule has 0 radical (unpaired) electrons. The highest BCUT2D eigenvalue weighted by atomic mass is 15.1. The Hall–Kier alpha value is -11.5. The molecule has 0 bridgehead atoms. The summed E-state index contributed by atoms with van der Waals surface area (Å²) in [6.45, 7) is 4.82. The summed E-state index contributed by atoms with van der Waals surface area (Å²) in [5, 5.41) is 9.90. The molecule has 1 aliphatic carbocycles. The molecular formula is C85H58N4. The molecule has 4 nitrogen and oxygen atoms in total. The van der Waals surface area contributed by atoms with Crippen LogP contribution >= 0.6 is 0 Å². The van der Waals surface area contributed by atoms with E-state index >= 15 is 0 Å². The molecule has 0 saturated heterocycles. The van der Waals surface area contributed by atoms with Crippen LogP contribution in [0, 0.1) is 0 Å². The Kier molecular flexibility index (Phi) is 11.3. The van der Waals surface area contributed by atoms with E-state index in [9.17, 15) is 0 Å². The number of anilines is 3. The molecule has 3 heterocycles. The zero-order chi connectivity index (χ0) is 58.9. The summed E-state index contributed by atoms with van der Waals surface area (Å²) < 4.78 is 7.21. The van der Waals surface area contributed by atoms with Crippen molar-refractivity contribution in [1.82, 2.24) is 13.7 Å². The summed E-state index contributed by atoms with van der Waals surface area (Å²) in [4.78, 5) is 2.49. The Bertz CT molecular complexity index is 5630. The summed E-state index contributed by atoms with van der Waals surface area (Å²) in [6.07, 6.45) is 0. The Morgan fingerprint density at radius 1 is 0.236 bits per heavy atom. The van der Waals surface area contributed by atoms with Gasteiger partial charge in [-0.3, -0.25) is 0 Å². The predicted molar refractivity (Wildman–Crippen MR) is 376 cm³/mol. The third-order valence-electron chi connectivity index (χ3n) is 19.2. The fraction of sp³-hybridized carbons (Fsp3) is 0.0353. The number of hydrogen-bond donors (Lipinski definition) is 0. The van der Waals surface area contributed by atoms with Crippen LogP contribution in [0.1, 0.15) is 25.0 Å². The van der Waals surface area contributed by atoms with Gasteiger partial charge in [-0.15, -0.1) is 0 Å². The van der Waals surface area contributed by atoms with Gasteiger partial charge in [0.1, 0.15) is 0 Å². The second kappa shape index (κ2) is 19.8. The minimum absolute atomic E-state index is 0.298. The van der Waals surface area contributed by atoms with Gasteiger partial charge in [-0.1, -0.05) is 220 Å². The molecule has 4 heteroatoms. The van der Waals surface area contributed by atoms with E-state index in [1.54, 1.807) is 0 Å². The van der Waals surface area contributed by atoms with Gasteiger partial charge in [-0.25, -0.2) is 0 Å². The second-order valence-electron chi connectivity index (χ2n) is 24.4. The number of para-hydroxylation sites is 6. The van der Waals surface area contributed by atoms with Crippen LogP contribution in [0.5, 0.6) is 0 Å². The molecular weight excluding hydrogens is 1080 g/mol. The van der Waals surface area contributed by atoms with Gasteiger partial charge < -0.3 is 18.6 Å². The van der Waals surface area contributed by atoms with Crippen LogP contribution in [-0.2, 0) is 5.41 Å². The maximum Gasteiger partial charge on any atom is 0.0547 e. The monoisotopic (exact) mass is 1130 g/mol. The van der Waals surface area contributed by atoms with Gasteiger partial charge in [-0.05, 0) is 170 Å². The molecule has 0 fully saturated rings. The molecule has 18 rings (SSSR count). The van der Waals surface area contributed by atoms with E-state index in [4.69, 9.17) is 0 Å². The highest BCUT2D eigenvalue weighted by Crippen LogP contribution is 2.53. The average molecular weight is 1140 g/mol. The van der Waals surface area contributed by atoms with Gasteiger partial charge in [0, 0.05) is 71.6 Å². The maximum absolute atomic E-state index is 2.49. The van der Waals surface area contributed by atoms with E-state index < -0.39 is 0 Å². The van der Waals surface area contributed by atoms with Crippen molar-refractivity contribution in [3.05, 3.63) is 327 Å². The number of hydrogen-bond acceptors (Lipinski definition) is 1. The molecule has 0 atom stereocenters. The highest BCUT2D eigenvalue weighted by molar-refractivity contribution is 6.14. The molecule has 17 aromatic rings.